The van der Waals surface area contributed by atoms with Crippen LogP contribution in [0.15, 0.2) is 12.7 Å². The van der Waals surface area contributed by atoms with Crippen molar-refractivity contribution in [3.63, 3.8) is 0 Å². The normalized spacial score (nSPS) is 17.1. The number of amides is 2. The Morgan fingerprint density at radius 3 is 2.61 bits per heavy atom. The van der Waals surface area contributed by atoms with Gasteiger partial charge in [0.1, 0.15) is 0 Å². The molecule has 1 unspecified atom stereocenters. The van der Waals surface area contributed by atoms with Crippen LogP contribution in [0.3, 0.4) is 0 Å². The molecule has 1 aliphatic rings. The molecule has 0 saturated carbocycles. The van der Waals surface area contributed by atoms with Crippen LogP contribution in [-0.2, 0) is 15.1 Å². The van der Waals surface area contributed by atoms with Crippen molar-refractivity contribution in [1.82, 2.24) is 35.7 Å². The Balaban J connectivity index is 2.23. The zero-order valence-corrected chi connectivity index (χ0v) is 20.3. The van der Waals surface area contributed by atoms with Crippen LogP contribution in [0.1, 0.15) is 65.2 Å². The van der Waals surface area contributed by atoms with Gasteiger partial charge in [-0.1, -0.05) is 6.58 Å². The first-order valence-corrected chi connectivity index (χ1v) is 12.0. The van der Waals surface area contributed by atoms with E-state index in [9.17, 15) is 9.59 Å². The summed E-state index contributed by atoms with van der Waals surface area (Å²) in [6, 6.07) is 0.280. The van der Waals surface area contributed by atoms with E-state index in [4.69, 9.17) is 0 Å². The standard InChI is InChI=1S/C21H37N7O2S/c1-7-18(30)23-20(3,4)15-21(5,22-11-8-12-27(6)16(2)29)19-24-25-26-28(19)17-9-13-31-14-10-17/h7,17,22H,1,8-15H2,2-6H3,(H,23,30). The van der Waals surface area contributed by atoms with Gasteiger partial charge in [-0.3, -0.25) is 9.59 Å². The molecule has 10 heteroatoms. The predicted octanol–water partition coefficient (Wildman–Crippen LogP) is 1.89. The maximum Gasteiger partial charge on any atom is 0.243 e. The molecule has 9 nitrogen and oxygen atoms in total. The van der Waals surface area contributed by atoms with Crippen molar-refractivity contribution in [3.05, 3.63) is 18.5 Å². The number of carbonyl (C=O) groups excluding carboxylic acids is 2. The minimum absolute atomic E-state index is 0.0511. The van der Waals surface area contributed by atoms with Gasteiger partial charge in [-0.15, -0.1) is 5.10 Å². The zero-order valence-electron chi connectivity index (χ0n) is 19.5. The fourth-order valence-corrected chi connectivity index (χ4v) is 5.19. The smallest absolute Gasteiger partial charge is 0.243 e. The van der Waals surface area contributed by atoms with Gasteiger partial charge in [-0.25, -0.2) is 4.68 Å². The highest BCUT2D eigenvalue weighted by Crippen LogP contribution is 2.33. The summed E-state index contributed by atoms with van der Waals surface area (Å²) in [4.78, 5) is 25.2. The molecule has 1 aromatic heterocycles. The minimum Gasteiger partial charge on any atom is -0.348 e. The summed E-state index contributed by atoms with van der Waals surface area (Å²) >= 11 is 1.96. The Bertz CT molecular complexity index is 761. The SMILES string of the molecule is C=CC(=O)NC(C)(C)CC(C)(NCCCN(C)C(C)=O)c1nnnn1C1CCSCC1. The van der Waals surface area contributed by atoms with Gasteiger partial charge in [0.05, 0.1) is 11.6 Å². The van der Waals surface area contributed by atoms with Crippen molar-refractivity contribution in [2.75, 3.05) is 31.6 Å². The lowest BCUT2D eigenvalue weighted by molar-refractivity contribution is -0.127. The molecule has 2 N–H and O–H groups in total. The van der Waals surface area contributed by atoms with E-state index in [1.54, 1.807) is 18.9 Å². The molecule has 1 atom stereocenters. The van der Waals surface area contributed by atoms with Gasteiger partial charge in [0.25, 0.3) is 0 Å². The van der Waals surface area contributed by atoms with Gasteiger partial charge in [0.15, 0.2) is 5.82 Å². The number of hydrogen-bond acceptors (Lipinski definition) is 7. The summed E-state index contributed by atoms with van der Waals surface area (Å²) in [5, 5.41) is 19.4. The zero-order chi connectivity index (χ0) is 23.1. The summed E-state index contributed by atoms with van der Waals surface area (Å²) in [7, 11) is 1.80. The first-order chi connectivity index (χ1) is 14.6. The predicted molar refractivity (Wildman–Crippen MR) is 124 cm³/mol. The highest BCUT2D eigenvalue weighted by Gasteiger charge is 2.39. The lowest BCUT2D eigenvalue weighted by atomic mass is 9.84. The van der Waals surface area contributed by atoms with Gasteiger partial charge in [0, 0.05) is 26.1 Å². The monoisotopic (exact) mass is 451 g/mol. The third kappa shape index (κ3) is 7.31. The largest absolute Gasteiger partial charge is 0.348 e. The number of nitrogens with zero attached hydrogens (tertiary/aromatic N) is 5. The van der Waals surface area contributed by atoms with Crippen LogP contribution in [0.2, 0.25) is 0 Å². The second-order valence-electron chi connectivity index (χ2n) is 9.10. The van der Waals surface area contributed by atoms with Crippen LogP contribution in [0.5, 0.6) is 0 Å². The molecule has 1 saturated heterocycles. The number of nitrogens with one attached hydrogen (secondary N) is 2. The molecule has 174 valence electrons. The molecule has 0 aromatic carbocycles. The van der Waals surface area contributed by atoms with Crippen molar-refractivity contribution < 1.29 is 9.59 Å². The molecule has 0 aliphatic carbocycles. The molecule has 2 rings (SSSR count). The Labute approximate surface area is 189 Å². The van der Waals surface area contributed by atoms with E-state index in [1.807, 2.05) is 30.3 Å². The average Bonchev–Trinajstić information content (AvgIpc) is 3.21. The van der Waals surface area contributed by atoms with Crippen LogP contribution in [-0.4, -0.2) is 74.1 Å². The lowest BCUT2D eigenvalue weighted by Gasteiger charge is -2.38. The number of tetrazole rings is 1. The quantitative estimate of drug-likeness (QED) is 0.391. The van der Waals surface area contributed by atoms with Crippen LogP contribution in [0, 0.1) is 0 Å². The number of rotatable bonds is 11. The van der Waals surface area contributed by atoms with E-state index >= 15 is 0 Å². The van der Waals surface area contributed by atoms with E-state index in [2.05, 4.69) is 39.7 Å². The van der Waals surface area contributed by atoms with E-state index in [1.165, 1.54) is 6.08 Å². The Morgan fingerprint density at radius 2 is 2.00 bits per heavy atom. The molecule has 1 aliphatic heterocycles. The summed E-state index contributed by atoms with van der Waals surface area (Å²) in [6.45, 7) is 12.5. The van der Waals surface area contributed by atoms with Gasteiger partial charge in [0.2, 0.25) is 11.8 Å². The van der Waals surface area contributed by atoms with E-state index in [0.717, 1.165) is 36.6 Å². The molecular weight excluding hydrogens is 414 g/mol. The maximum atomic E-state index is 12.0. The van der Waals surface area contributed by atoms with Crippen molar-refractivity contribution in [3.8, 4) is 0 Å². The van der Waals surface area contributed by atoms with Crippen LogP contribution in [0.25, 0.3) is 0 Å². The highest BCUT2D eigenvalue weighted by atomic mass is 32.2. The lowest BCUT2D eigenvalue weighted by Crippen LogP contribution is -2.53. The van der Waals surface area contributed by atoms with Crippen LogP contribution >= 0.6 is 11.8 Å². The molecular formula is C21H37N7O2S. The fraction of sp³-hybridized carbons (Fsp3) is 0.762. The molecule has 0 spiro atoms. The van der Waals surface area contributed by atoms with E-state index in [-0.39, 0.29) is 17.9 Å². The molecule has 0 bridgehead atoms. The molecule has 2 heterocycles. The first kappa shape index (κ1) is 25.3. The summed E-state index contributed by atoms with van der Waals surface area (Å²) in [6.07, 6.45) is 4.75. The minimum atomic E-state index is -0.569. The number of hydrogen-bond donors (Lipinski definition) is 2. The van der Waals surface area contributed by atoms with E-state index < -0.39 is 11.1 Å². The molecule has 0 radical (unpaired) electrons. The van der Waals surface area contributed by atoms with Crippen LogP contribution in [0.4, 0.5) is 0 Å². The molecule has 31 heavy (non-hydrogen) atoms. The summed E-state index contributed by atoms with van der Waals surface area (Å²) in [5.74, 6) is 2.83. The third-order valence-corrected chi connectivity index (χ3v) is 6.74. The molecule has 2 amide bonds. The van der Waals surface area contributed by atoms with Gasteiger partial charge in [-0.05, 0) is 81.0 Å². The average molecular weight is 452 g/mol. The van der Waals surface area contributed by atoms with Crippen molar-refractivity contribution in [2.45, 2.75) is 70.5 Å². The van der Waals surface area contributed by atoms with E-state index in [0.29, 0.717) is 19.5 Å². The number of thioether (sulfide) groups is 1. The summed E-state index contributed by atoms with van der Waals surface area (Å²) < 4.78 is 1.97. The Morgan fingerprint density at radius 1 is 1.32 bits per heavy atom. The Hall–Kier alpha value is -1.94. The highest BCUT2D eigenvalue weighted by molar-refractivity contribution is 7.99. The number of aromatic nitrogens is 4. The van der Waals surface area contributed by atoms with Gasteiger partial charge >= 0.3 is 0 Å². The first-order valence-electron chi connectivity index (χ1n) is 10.9. The van der Waals surface area contributed by atoms with Crippen LogP contribution < -0.4 is 10.6 Å². The molecule has 1 fully saturated rings. The second kappa shape index (κ2) is 11.1. The molecule has 1 aromatic rings. The maximum absolute atomic E-state index is 12.0. The topological polar surface area (TPSA) is 105 Å². The Kier molecular flexibility index (Phi) is 9.05. The summed E-state index contributed by atoms with van der Waals surface area (Å²) in [5.41, 5.74) is -1.08. The third-order valence-electron chi connectivity index (χ3n) is 5.69. The van der Waals surface area contributed by atoms with Gasteiger partial charge in [-0.2, -0.15) is 11.8 Å². The fourth-order valence-electron chi connectivity index (χ4n) is 4.10. The van der Waals surface area contributed by atoms with Gasteiger partial charge < -0.3 is 15.5 Å². The second-order valence-corrected chi connectivity index (χ2v) is 10.3. The number of carbonyl (C=O) groups is 2. The van der Waals surface area contributed by atoms with Crippen molar-refractivity contribution >= 4 is 23.6 Å². The van der Waals surface area contributed by atoms with Crippen molar-refractivity contribution in [2.24, 2.45) is 0 Å². The van der Waals surface area contributed by atoms with Crippen molar-refractivity contribution in [1.29, 1.82) is 0 Å².